The van der Waals surface area contributed by atoms with E-state index in [2.05, 4.69) is 5.32 Å². The van der Waals surface area contributed by atoms with Crippen molar-refractivity contribution in [2.45, 2.75) is 51.1 Å². The fraction of sp³-hybridized carbons (Fsp3) is 0.615. The van der Waals surface area contributed by atoms with Gasteiger partial charge < -0.3 is 9.88 Å². The largest absolute Gasteiger partial charge is 0.352 e. The molecule has 1 unspecified atom stereocenters. The zero-order chi connectivity index (χ0) is 11.4. The van der Waals surface area contributed by atoms with Gasteiger partial charge in [0.1, 0.15) is 6.04 Å². The molecule has 0 aromatic carbocycles. The van der Waals surface area contributed by atoms with Crippen molar-refractivity contribution in [3.05, 3.63) is 24.5 Å². The van der Waals surface area contributed by atoms with Crippen LogP contribution in [0.15, 0.2) is 24.5 Å². The number of rotatable bonds is 3. The van der Waals surface area contributed by atoms with Crippen LogP contribution in [-0.4, -0.2) is 16.5 Å². The Morgan fingerprint density at radius 1 is 1.25 bits per heavy atom. The van der Waals surface area contributed by atoms with Crippen LogP contribution in [-0.2, 0) is 4.79 Å². The Bertz CT molecular complexity index is 326. The first-order chi connectivity index (χ1) is 7.77. The Balaban J connectivity index is 1.87. The molecule has 0 radical (unpaired) electrons. The Morgan fingerprint density at radius 2 is 1.88 bits per heavy atom. The van der Waals surface area contributed by atoms with Crippen molar-refractivity contribution in [1.29, 1.82) is 0 Å². The van der Waals surface area contributed by atoms with Gasteiger partial charge in [0, 0.05) is 18.4 Å². The lowest BCUT2D eigenvalue weighted by molar-refractivity contribution is -0.124. The summed E-state index contributed by atoms with van der Waals surface area (Å²) >= 11 is 0. The van der Waals surface area contributed by atoms with Crippen LogP contribution in [0, 0.1) is 0 Å². The molecule has 16 heavy (non-hydrogen) atoms. The maximum atomic E-state index is 12.0. The number of carbonyl (C=O) groups excluding carboxylic acids is 1. The molecule has 88 valence electrons. The van der Waals surface area contributed by atoms with E-state index in [1.165, 1.54) is 19.3 Å². The van der Waals surface area contributed by atoms with E-state index < -0.39 is 0 Å². The zero-order valence-corrected chi connectivity index (χ0v) is 9.86. The number of nitrogens with one attached hydrogen (secondary N) is 1. The van der Waals surface area contributed by atoms with Gasteiger partial charge in [-0.1, -0.05) is 19.3 Å². The molecule has 1 heterocycles. The normalized spacial score (nSPS) is 19.3. The van der Waals surface area contributed by atoms with E-state index in [1.807, 2.05) is 36.0 Å². The van der Waals surface area contributed by atoms with Crippen LogP contribution in [0.4, 0.5) is 0 Å². The molecule has 1 aliphatic rings. The van der Waals surface area contributed by atoms with Gasteiger partial charge in [-0.15, -0.1) is 0 Å². The molecular weight excluding hydrogens is 200 g/mol. The summed E-state index contributed by atoms with van der Waals surface area (Å²) in [6.07, 6.45) is 9.98. The smallest absolute Gasteiger partial charge is 0.242 e. The van der Waals surface area contributed by atoms with Crippen molar-refractivity contribution in [1.82, 2.24) is 9.88 Å². The second kappa shape index (κ2) is 5.19. The van der Waals surface area contributed by atoms with Crippen molar-refractivity contribution in [2.24, 2.45) is 0 Å². The van der Waals surface area contributed by atoms with Gasteiger partial charge >= 0.3 is 0 Å². The molecule has 0 saturated heterocycles. The lowest BCUT2D eigenvalue weighted by atomic mass is 9.95. The third-order valence-corrected chi connectivity index (χ3v) is 3.41. The van der Waals surface area contributed by atoms with Gasteiger partial charge in [0.05, 0.1) is 0 Å². The predicted molar refractivity (Wildman–Crippen MR) is 64.2 cm³/mol. The molecule has 1 aromatic rings. The van der Waals surface area contributed by atoms with E-state index in [-0.39, 0.29) is 11.9 Å². The summed E-state index contributed by atoms with van der Waals surface area (Å²) in [4.78, 5) is 12.0. The quantitative estimate of drug-likeness (QED) is 0.834. The highest BCUT2D eigenvalue weighted by atomic mass is 16.2. The van der Waals surface area contributed by atoms with Gasteiger partial charge in [-0.25, -0.2) is 0 Å². The van der Waals surface area contributed by atoms with Crippen LogP contribution in [0.5, 0.6) is 0 Å². The number of nitrogens with zero attached hydrogens (tertiary/aromatic N) is 1. The molecule has 1 aromatic heterocycles. The SMILES string of the molecule is CC(C(=O)NC1CCCCC1)n1cccc1. The first kappa shape index (κ1) is 11.2. The number of hydrogen-bond acceptors (Lipinski definition) is 1. The highest BCUT2D eigenvalue weighted by molar-refractivity contribution is 5.80. The van der Waals surface area contributed by atoms with E-state index in [0.717, 1.165) is 12.8 Å². The number of hydrogen-bond donors (Lipinski definition) is 1. The van der Waals surface area contributed by atoms with Crippen LogP contribution in [0.2, 0.25) is 0 Å². The summed E-state index contributed by atoms with van der Waals surface area (Å²) in [6, 6.07) is 4.20. The molecule has 1 saturated carbocycles. The molecule has 1 N–H and O–H groups in total. The van der Waals surface area contributed by atoms with Gasteiger partial charge in [0.15, 0.2) is 0 Å². The van der Waals surface area contributed by atoms with Gasteiger partial charge in [-0.05, 0) is 31.9 Å². The fourth-order valence-corrected chi connectivity index (χ4v) is 2.31. The minimum absolute atomic E-state index is 0.100. The molecule has 3 nitrogen and oxygen atoms in total. The maximum absolute atomic E-state index is 12.0. The van der Waals surface area contributed by atoms with E-state index >= 15 is 0 Å². The summed E-state index contributed by atoms with van der Waals surface area (Å²) in [5.41, 5.74) is 0. The average molecular weight is 220 g/mol. The zero-order valence-electron chi connectivity index (χ0n) is 9.86. The van der Waals surface area contributed by atoms with Crippen LogP contribution in [0.3, 0.4) is 0 Å². The predicted octanol–water partition coefficient (Wildman–Crippen LogP) is 2.50. The number of amides is 1. The van der Waals surface area contributed by atoms with E-state index in [0.29, 0.717) is 6.04 Å². The van der Waals surface area contributed by atoms with Crippen LogP contribution < -0.4 is 5.32 Å². The van der Waals surface area contributed by atoms with E-state index in [9.17, 15) is 4.79 Å². The molecular formula is C13H20N2O. The van der Waals surface area contributed by atoms with E-state index in [4.69, 9.17) is 0 Å². The molecule has 2 rings (SSSR count). The van der Waals surface area contributed by atoms with Crippen molar-refractivity contribution in [3.63, 3.8) is 0 Å². The molecule has 0 bridgehead atoms. The van der Waals surface area contributed by atoms with Gasteiger partial charge in [0.2, 0.25) is 5.91 Å². The fourth-order valence-electron chi connectivity index (χ4n) is 2.31. The average Bonchev–Trinajstić information content (AvgIpc) is 2.83. The number of carbonyl (C=O) groups is 1. The third kappa shape index (κ3) is 2.65. The van der Waals surface area contributed by atoms with Crippen molar-refractivity contribution in [3.8, 4) is 0 Å². The Hall–Kier alpha value is -1.25. The molecule has 1 amide bonds. The minimum atomic E-state index is -0.100. The lowest BCUT2D eigenvalue weighted by Gasteiger charge is -2.24. The molecule has 0 aliphatic heterocycles. The van der Waals surface area contributed by atoms with Crippen LogP contribution >= 0.6 is 0 Å². The number of aromatic nitrogens is 1. The first-order valence-corrected chi connectivity index (χ1v) is 6.20. The highest BCUT2D eigenvalue weighted by Gasteiger charge is 2.19. The highest BCUT2D eigenvalue weighted by Crippen LogP contribution is 2.18. The Kier molecular flexibility index (Phi) is 3.65. The molecule has 1 atom stereocenters. The Labute approximate surface area is 96.8 Å². The van der Waals surface area contributed by atoms with Crippen LogP contribution in [0.25, 0.3) is 0 Å². The molecule has 0 spiro atoms. The second-order valence-corrected chi connectivity index (χ2v) is 4.65. The monoisotopic (exact) mass is 220 g/mol. The van der Waals surface area contributed by atoms with Gasteiger partial charge in [-0.3, -0.25) is 4.79 Å². The van der Waals surface area contributed by atoms with Gasteiger partial charge in [-0.2, -0.15) is 0 Å². The molecule has 1 aliphatic carbocycles. The molecule has 3 heteroatoms. The summed E-state index contributed by atoms with van der Waals surface area (Å²) in [5.74, 6) is 0.142. The third-order valence-electron chi connectivity index (χ3n) is 3.41. The first-order valence-electron chi connectivity index (χ1n) is 6.20. The van der Waals surface area contributed by atoms with Gasteiger partial charge in [0.25, 0.3) is 0 Å². The summed E-state index contributed by atoms with van der Waals surface area (Å²) in [6.45, 7) is 1.94. The van der Waals surface area contributed by atoms with Crippen LogP contribution in [0.1, 0.15) is 45.1 Å². The lowest BCUT2D eigenvalue weighted by Crippen LogP contribution is -2.39. The van der Waals surface area contributed by atoms with E-state index in [1.54, 1.807) is 0 Å². The topological polar surface area (TPSA) is 34.0 Å². The Morgan fingerprint density at radius 3 is 2.50 bits per heavy atom. The second-order valence-electron chi connectivity index (χ2n) is 4.65. The summed E-state index contributed by atoms with van der Waals surface area (Å²) in [7, 11) is 0. The minimum Gasteiger partial charge on any atom is -0.352 e. The summed E-state index contributed by atoms with van der Waals surface area (Å²) < 4.78 is 1.94. The molecule has 1 fully saturated rings. The summed E-state index contributed by atoms with van der Waals surface area (Å²) in [5, 5.41) is 3.15. The standard InChI is InChI=1S/C13H20N2O/c1-11(15-9-5-6-10-15)13(16)14-12-7-3-2-4-8-12/h5-6,9-12H,2-4,7-8H2,1H3,(H,14,16). The van der Waals surface area contributed by atoms with Crippen molar-refractivity contribution in [2.75, 3.05) is 0 Å². The van der Waals surface area contributed by atoms with Crippen molar-refractivity contribution < 1.29 is 4.79 Å². The maximum Gasteiger partial charge on any atom is 0.242 e. The van der Waals surface area contributed by atoms with Crippen molar-refractivity contribution >= 4 is 5.91 Å².